The van der Waals surface area contributed by atoms with Gasteiger partial charge in [0.25, 0.3) is 5.56 Å². The summed E-state index contributed by atoms with van der Waals surface area (Å²) < 4.78 is 8.39. The van der Waals surface area contributed by atoms with Crippen molar-refractivity contribution in [3.05, 3.63) is 56.7 Å². The van der Waals surface area contributed by atoms with Crippen molar-refractivity contribution in [2.24, 2.45) is 4.99 Å². The maximum Gasteiger partial charge on any atom is 0.332 e. The second-order valence-electron chi connectivity index (χ2n) is 6.64. The number of rotatable bonds is 8. The third kappa shape index (κ3) is 4.52. The Kier molecular flexibility index (Phi) is 7.61. The van der Waals surface area contributed by atoms with E-state index in [0.29, 0.717) is 32.0 Å². The summed E-state index contributed by atoms with van der Waals surface area (Å²) >= 11 is 0. The third-order valence-corrected chi connectivity index (χ3v) is 4.52. The molecule has 0 saturated carbocycles. The maximum absolute atomic E-state index is 13.0. The molecule has 0 amide bonds. The van der Waals surface area contributed by atoms with Crippen molar-refractivity contribution in [2.75, 3.05) is 12.3 Å². The Bertz CT molecular complexity index is 929. The Labute approximate surface area is 165 Å². The summed E-state index contributed by atoms with van der Waals surface area (Å²) in [5.41, 5.74) is 6.42. The normalized spacial score (nSPS) is 12.8. The number of hydrogen-bond acceptors (Lipinski definition) is 5. The first-order valence-corrected chi connectivity index (χ1v) is 9.85. The van der Waals surface area contributed by atoms with Gasteiger partial charge < -0.3 is 10.5 Å². The fourth-order valence-corrected chi connectivity index (χ4v) is 3.06. The summed E-state index contributed by atoms with van der Waals surface area (Å²) in [6.45, 7) is 8.85. The molecular weight excluding hydrogens is 356 g/mol. The van der Waals surface area contributed by atoms with Crippen LogP contribution in [-0.4, -0.2) is 21.6 Å². The molecule has 0 bridgehead atoms. The van der Waals surface area contributed by atoms with Crippen molar-refractivity contribution in [2.45, 2.75) is 59.5 Å². The van der Waals surface area contributed by atoms with Gasteiger partial charge in [-0.15, -0.1) is 0 Å². The highest BCUT2D eigenvalue weighted by molar-refractivity contribution is 5.86. The van der Waals surface area contributed by atoms with Crippen LogP contribution in [0.25, 0.3) is 0 Å². The van der Waals surface area contributed by atoms with E-state index in [-0.39, 0.29) is 23.1 Å². The number of benzene rings is 1. The Morgan fingerprint density at radius 1 is 1.07 bits per heavy atom. The van der Waals surface area contributed by atoms with Crippen LogP contribution in [0.3, 0.4) is 0 Å². The molecule has 1 heterocycles. The largest absolute Gasteiger partial charge is 0.481 e. The van der Waals surface area contributed by atoms with Crippen molar-refractivity contribution >= 4 is 17.4 Å². The Balaban J connectivity index is 2.68. The van der Waals surface area contributed by atoms with E-state index in [4.69, 9.17) is 10.5 Å². The number of aliphatic imine (C=N–C) groups is 1. The van der Waals surface area contributed by atoms with E-state index >= 15 is 0 Å². The monoisotopic (exact) mass is 386 g/mol. The van der Waals surface area contributed by atoms with Crippen LogP contribution < -0.4 is 17.0 Å². The molecule has 28 heavy (non-hydrogen) atoms. The first-order chi connectivity index (χ1) is 13.5. The van der Waals surface area contributed by atoms with Gasteiger partial charge in [-0.25, -0.2) is 9.79 Å². The minimum absolute atomic E-state index is 0.0627. The number of aromatic nitrogens is 2. The molecule has 0 aliphatic rings. The Hall–Kier alpha value is -2.83. The summed E-state index contributed by atoms with van der Waals surface area (Å²) in [7, 11) is 0. The molecule has 152 valence electrons. The van der Waals surface area contributed by atoms with Crippen LogP contribution in [0.5, 0.6) is 0 Å². The fraction of sp³-hybridized carbons (Fsp3) is 0.476. The third-order valence-electron chi connectivity index (χ3n) is 4.52. The van der Waals surface area contributed by atoms with E-state index in [9.17, 15) is 9.59 Å². The second kappa shape index (κ2) is 9.92. The lowest BCUT2D eigenvalue weighted by Gasteiger charge is -2.18. The molecule has 0 aliphatic heterocycles. The smallest absolute Gasteiger partial charge is 0.332 e. The second-order valence-corrected chi connectivity index (χ2v) is 6.64. The predicted octanol–water partition coefficient (Wildman–Crippen LogP) is 3.28. The minimum atomic E-state index is -0.478. The van der Waals surface area contributed by atoms with Crippen molar-refractivity contribution in [1.82, 2.24) is 9.13 Å². The first-order valence-electron chi connectivity index (χ1n) is 9.85. The van der Waals surface area contributed by atoms with E-state index in [1.54, 1.807) is 0 Å². The highest BCUT2D eigenvalue weighted by Gasteiger charge is 2.20. The molecule has 0 aliphatic carbocycles. The van der Waals surface area contributed by atoms with Crippen LogP contribution in [0.4, 0.5) is 11.5 Å². The molecule has 7 nitrogen and oxygen atoms in total. The molecule has 0 unspecified atom stereocenters. The van der Waals surface area contributed by atoms with Gasteiger partial charge in [-0.1, -0.05) is 44.2 Å². The van der Waals surface area contributed by atoms with Crippen molar-refractivity contribution in [3.63, 3.8) is 0 Å². The van der Waals surface area contributed by atoms with E-state index in [1.807, 2.05) is 58.0 Å². The predicted molar refractivity (Wildman–Crippen MR) is 114 cm³/mol. The topological polar surface area (TPSA) is 91.6 Å². The number of nitrogen functional groups attached to an aromatic ring is 1. The van der Waals surface area contributed by atoms with E-state index in [0.717, 1.165) is 12.0 Å². The van der Waals surface area contributed by atoms with Crippen LogP contribution in [-0.2, 0) is 17.8 Å². The van der Waals surface area contributed by atoms with Crippen molar-refractivity contribution in [1.29, 1.82) is 0 Å². The van der Waals surface area contributed by atoms with Crippen molar-refractivity contribution in [3.8, 4) is 0 Å². The fourth-order valence-electron chi connectivity index (χ4n) is 3.06. The first kappa shape index (κ1) is 21.5. The molecule has 7 heteroatoms. The Morgan fingerprint density at radius 3 is 2.25 bits per heavy atom. The molecule has 1 atom stereocenters. The average molecular weight is 386 g/mol. The van der Waals surface area contributed by atoms with E-state index in [1.165, 1.54) is 9.13 Å². The summed E-state index contributed by atoms with van der Waals surface area (Å²) in [5, 5.41) is 0. The van der Waals surface area contributed by atoms with Crippen LogP contribution in [0.15, 0.2) is 44.9 Å². The van der Waals surface area contributed by atoms with Crippen LogP contribution in [0.2, 0.25) is 0 Å². The number of nitrogens with two attached hydrogens (primary N) is 1. The molecule has 1 aromatic heterocycles. The molecule has 0 spiro atoms. The van der Waals surface area contributed by atoms with Crippen LogP contribution in [0, 0.1) is 0 Å². The zero-order valence-electron chi connectivity index (χ0n) is 17.1. The van der Waals surface area contributed by atoms with Gasteiger partial charge in [-0.3, -0.25) is 13.9 Å². The highest BCUT2D eigenvalue weighted by atomic mass is 16.5. The molecule has 2 N–H and O–H groups in total. The number of hydrogen-bond donors (Lipinski definition) is 1. The van der Waals surface area contributed by atoms with Gasteiger partial charge in [0, 0.05) is 13.1 Å². The summed E-state index contributed by atoms with van der Waals surface area (Å²) in [4.78, 5) is 30.2. The van der Waals surface area contributed by atoms with Gasteiger partial charge in [0.1, 0.15) is 5.82 Å². The van der Waals surface area contributed by atoms with E-state index < -0.39 is 5.56 Å². The summed E-state index contributed by atoms with van der Waals surface area (Å²) in [6.07, 6.45) is 1.38. The number of nitrogens with zero attached hydrogens (tertiary/aromatic N) is 3. The lowest BCUT2D eigenvalue weighted by Crippen LogP contribution is -2.41. The Morgan fingerprint density at radius 2 is 1.68 bits per heavy atom. The van der Waals surface area contributed by atoms with Crippen LogP contribution in [0.1, 0.15) is 52.0 Å². The number of anilines is 1. The molecule has 2 rings (SSSR count). The van der Waals surface area contributed by atoms with Gasteiger partial charge in [0.05, 0.1) is 12.5 Å². The molecule has 0 saturated heterocycles. The standard InChI is InChI=1S/C21H30N4O3/c1-5-13-24-18(22)17(20(26)25(14-6-2)21(24)27)23-19(28-7-3)15(4)16-11-9-8-10-12-16/h8-12,15H,5-7,13-14,22H2,1-4H3/t15-/m0/s1. The molecule has 1 aromatic carbocycles. The average Bonchev–Trinajstić information content (AvgIpc) is 2.71. The van der Waals surface area contributed by atoms with Gasteiger partial charge in [-0.2, -0.15) is 0 Å². The van der Waals surface area contributed by atoms with Crippen LogP contribution >= 0.6 is 0 Å². The van der Waals surface area contributed by atoms with Crippen molar-refractivity contribution < 1.29 is 4.74 Å². The summed E-state index contributed by atoms with van der Waals surface area (Å²) in [5.74, 6) is 0.329. The lowest BCUT2D eigenvalue weighted by atomic mass is 10.0. The molecule has 0 radical (unpaired) electrons. The van der Waals surface area contributed by atoms with Gasteiger partial charge in [-0.05, 0) is 32.3 Å². The maximum atomic E-state index is 13.0. The van der Waals surface area contributed by atoms with E-state index in [2.05, 4.69) is 4.99 Å². The zero-order valence-corrected chi connectivity index (χ0v) is 17.1. The van der Waals surface area contributed by atoms with Gasteiger partial charge in [0.15, 0.2) is 11.6 Å². The number of ether oxygens (including phenoxy) is 1. The lowest BCUT2D eigenvalue weighted by molar-refractivity contribution is 0.313. The zero-order chi connectivity index (χ0) is 20.7. The molecular formula is C21H30N4O3. The van der Waals surface area contributed by atoms with Gasteiger partial charge in [0.2, 0.25) is 0 Å². The quantitative estimate of drug-likeness (QED) is 0.557. The minimum Gasteiger partial charge on any atom is -0.481 e. The highest BCUT2D eigenvalue weighted by Crippen LogP contribution is 2.22. The molecule has 2 aromatic rings. The SMILES string of the molecule is CCCn1c(N)c(N=C(OCC)[C@@H](C)c2ccccc2)c(=O)n(CCC)c1=O. The van der Waals surface area contributed by atoms with Gasteiger partial charge >= 0.3 is 5.69 Å². The molecule has 0 fully saturated rings. The summed E-state index contributed by atoms with van der Waals surface area (Å²) in [6, 6.07) is 9.79.